The summed E-state index contributed by atoms with van der Waals surface area (Å²) in [5, 5.41) is 15.0. The zero-order valence-corrected chi connectivity index (χ0v) is 18.0. The Morgan fingerprint density at radius 3 is 2.53 bits per heavy atom. The number of likely N-dealkylation sites (N-methyl/N-ethyl adjacent to an activating group) is 1. The van der Waals surface area contributed by atoms with Crippen molar-refractivity contribution in [2.24, 2.45) is 4.99 Å². The zero-order chi connectivity index (χ0) is 21.2. The molecule has 1 aromatic carbocycles. The van der Waals surface area contributed by atoms with Crippen molar-refractivity contribution in [3.63, 3.8) is 0 Å². The van der Waals surface area contributed by atoms with Gasteiger partial charge < -0.3 is 20.3 Å². The molecule has 2 N–H and O–H groups in total. The number of pyridine rings is 1. The van der Waals surface area contributed by atoms with E-state index in [2.05, 4.69) is 56.7 Å². The van der Waals surface area contributed by atoms with Crippen LogP contribution in [-0.2, 0) is 13.1 Å². The number of fused-ring (bicyclic) bond motifs is 1. The van der Waals surface area contributed by atoms with E-state index in [1.165, 1.54) is 0 Å². The summed E-state index contributed by atoms with van der Waals surface area (Å²) in [5.74, 6) is 2.44. The highest BCUT2D eigenvalue weighted by Crippen LogP contribution is 2.12. The third kappa shape index (κ3) is 5.93. The maximum atomic E-state index is 5.84. The third-order valence-electron chi connectivity index (χ3n) is 4.98. The van der Waals surface area contributed by atoms with Gasteiger partial charge in [-0.3, -0.25) is 9.39 Å². The van der Waals surface area contributed by atoms with Crippen LogP contribution in [0.3, 0.4) is 0 Å². The lowest BCUT2D eigenvalue weighted by Gasteiger charge is -2.18. The zero-order valence-electron chi connectivity index (χ0n) is 18.0. The normalized spacial score (nSPS) is 11.8. The molecule has 0 aliphatic rings. The average Bonchev–Trinajstić information content (AvgIpc) is 3.21. The van der Waals surface area contributed by atoms with E-state index in [1.807, 2.05) is 40.9 Å². The quantitative estimate of drug-likeness (QED) is 0.395. The molecule has 0 saturated carbocycles. The maximum Gasteiger partial charge on any atom is 0.191 e. The molecule has 0 radical (unpaired) electrons. The molecule has 30 heavy (non-hydrogen) atoms. The van der Waals surface area contributed by atoms with Crippen LogP contribution in [0.2, 0.25) is 0 Å². The number of rotatable bonds is 10. The van der Waals surface area contributed by atoms with E-state index in [-0.39, 0.29) is 0 Å². The summed E-state index contributed by atoms with van der Waals surface area (Å²) in [4.78, 5) is 6.63. The van der Waals surface area contributed by atoms with E-state index in [4.69, 9.17) is 4.74 Å². The second kappa shape index (κ2) is 11.2. The first kappa shape index (κ1) is 21.6. The summed E-state index contributed by atoms with van der Waals surface area (Å²) in [6, 6.07) is 14.0. The number of guanidine groups is 1. The fourth-order valence-electron chi connectivity index (χ4n) is 3.12. The Morgan fingerprint density at radius 2 is 1.80 bits per heavy atom. The Hall–Kier alpha value is -3.13. The summed E-state index contributed by atoms with van der Waals surface area (Å²) < 4.78 is 7.80. The number of nitrogens with one attached hydrogen (secondary N) is 2. The Morgan fingerprint density at radius 1 is 1.03 bits per heavy atom. The van der Waals surface area contributed by atoms with Crippen molar-refractivity contribution >= 4 is 11.6 Å². The first-order valence-corrected chi connectivity index (χ1v) is 10.4. The monoisotopic (exact) mass is 409 g/mol. The second-order valence-electron chi connectivity index (χ2n) is 6.84. The second-order valence-corrected chi connectivity index (χ2v) is 6.84. The average molecular weight is 410 g/mol. The molecule has 0 saturated heterocycles. The molecule has 0 fully saturated rings. The van der Waals surface area contributed by atoms with Crippen molar-refractivity contribution in [3.8, 4) is 5.75 Å². The van der Waals surface area contributed by atoms with Crippen LogP contribution in [0.5, 0.6) is 5.75 Å². The highest BCUT2D eigenvalue weighted by atomic mass is 16.5. The van der Waals surface area contributed by atoms with E-state index in [9.17, 15) is 0 Å². The van der Waals surface area contributed by atoms with Crippen LogP contribution >= 0.6 is 0 Å². The van der Waals surface area contributed by atoms with Crippen LogP contribution < -0.4 is 15.4 Å². The molecule has 0 atom stereocenters. The molecule has 2 heterocycles. The van der Waals surface area contributed by atoms with Crippen LogP contribution in [0.1, 0.15) is 25.2 Å². The molecule has 0 bridgehead atoms. The minimum absolute atomic E-state index is 0.532. The van der Waals surface area contributed by atoms with Gasteiger partial charge in [-0.15, -0.1) is 10.2 Å². The van der Waals surface area contributed by atoms with Crippen molar-refractivity contribution < 1.29 is 4.74 Å². The third-order valence-corrected chi connectivity index (χ3v) is 4.98. The molecule has 0 spiro atoms. The molecule has 3 rings (SSSR count). The molecule has 2 aromatic heterocycles. The Bertz CT molecular complexity index is 932. The van der Waals surface area contributed by atoms with Gasteiger partial charge in [0.15, 0.2) is 17.4 Å². The topological polar surface area (TPSA) is 79.1 Å². The number of hydrogen-bond acceptors (Lipinski definition) is 5. The van der Waals surface area contributed by atoms with Gasteiger partial charge in [0.1, 0.15) is 12.4 Å². The largest absolute Gasteiger partial charge is 0.492 e. The molecule has 0 aliphatic heterocycles. The van der Waals surface area contributed by atoms with Gasteiger partial charge in [0.05, 0.1) is 6.54 Å². The van der Waals surface area contributed by atoms with Crippen molar-refractivity contribution in [2.75, 3.05) is 33.3 Å². The number of hydrogen-bond donors (Lipinski definition) is 2. The van der Waals surface area contributed by atoms with Gasteiger partial charge in [0.25, 0.3) is 0 Å². The number of aromatic nitrogens is 3. The minimum atomic E-state index is 0.532. The minimum Gasteiger partial charge on any atom is -0.492 e. The fourth-order valence-corrected chi connectivity index (χ4v) is 3.12. The molecular formula is C22H31N7O. The van der Waals surface area contributed by atoms with E-state index < -0.39 is 0 Å². The molecular weight excluding hydrogens is 378 g/mol. The maximum absolute atomic E-state index is 5.84. The summed E-state index contributed by atoms with van der Waals surface area (Å²) in [6.45, 7) is 9.28. The summed E-state index contributed by atoms with van der Waals surface area (Å²) in [5.41, 5.74) is 1.98. The van der Waals surface area contributed by atoms with Crippen molar-refractivity contribution in [2.45, 2.75) is 26.9 Å². The number of ether oxygens (including phenoxy) is 1. The van der Waals surface area contributed by atoms with E-state index >= 15 is 0 Å². The molecule has 3 aromatic rings. The molecule has 0 unspecified atom stereocenters. The lowest BCUT2D eigenvalue weighted by atomic mass is 10.2. The smallest absolute Gasteiger partial charge is 0.191 e. The van der Waals surface area contributed by atoms with E-state index in [0.717, 1.165) is 42.4 Å². The molecule has 8 heteroatoms. The van der Waals surface area contributed by atoms with Crippen LogP contribution in [-0.4, -0.2) is 58.7 Å². The van der Waals surface area contributed by atoms with Gasteiger partial charge in [0, 0.05) is 26.3 Å². The van der Waals surface area contributed by atoms with Crippen molar-refractivity contribution in [1.82, 2.24) is 30.1 Å². The Labute approximate surface area is 178 Å². The summed E-state index contributed by atoms with van der Waals surface area (Å²) >= 11 is 0. The van der Waals surface area contributed by atoms with Crippen molar-refractivity contribution in [1.29, 1.82) is 0 Å². The van der Waals surface area contributed by atoms with Gasteiger partial charge >= 0.3 is 0 Å². The van der Waals surface area contributed by atoms with Gasteiger partial charge in [0.2, 0.25) is 0 Å². The van der Waals surface area contributed by atoms with Crippen LogP contribution in [0.4, 0.5) is 0 Å². The summed E-state index contributed by atoms with van der Waals surface area (Å²) in [7, 11) is 1.75. The Kier molecular flexibility index (Phi) is 8.02. The van der Waals surface area contributed by atoms with Gasteiger partial charge in [-0.25, -0.2) is 0 Å². The van der Waals surface area contributed by atoms with E-state index in [0.29, 0.717) is 25.7 Å². The van der Waals surface area contributed by atoms with E-state index in [1.54, 1.807) is 7.05 Å². The van der Waals surface area contributed by atoms with Crippen LogP contribution in [0.25, 0.3) is 5.65 Å². The fraction of sp³-hybridized carbons (Fsp3) is 0.409. The highest BCUT2D eigenvalue weighted by Gasteiger charge is 2.06. The predicted molar refractivity (Wildman–Crippen MR) is 120 cm³/mol. The predicted octanol–water partition coefficient (Wildman–Crippen LogP) is 2.32. The molecule has 0 aliphatic carbocycles. The SMILES string of the molecule is CCN(CC)CCOc1ccc(CNC(=NC)NCc2nnc3ccccn23)cc1. The molecule has 8 nitrogen and oxygen atoms in total. The first-order valence-electron chi connectivity index (χ1n) is 10.4. The van der Waals surface area contributed by atoms with Crippen LogP contribution in [0, 0.1) is 0 Å². The molecule has 160 valence electrons. The Balaban J connectivity index is 1.44. The summed E-state index contributed by atoms with van der Waals surface area (Å²) in [6.07, 6.45) is 1.95. The lowest BCUT2D eigenvalue weighted by molar-refractivity contribution is 0.223. The molecule has 0 amide bonds. The first-order chi connectivity index (χ1) is 14.7. The number of nitrogens with zero attached hydrogens (tertiary/aromatic N) is 5. The standard InChI is InChI=1S/C22H31N7O/c1-4-28(5-2)14-15-30-19-11-9-18(10-12-19)16-24-22(23-3)25-17-21-27-26-20-8-6-7-13-29(20)21/h6-13H,4-5,14-17H2,1-3H3,(H2,23,24,25). The number of aliphatic imine (C=N–C) groups is 1. The van der Waals surface area contributed by atoms with Gasteiger partial charge in [-0.1, -0.05) is 32.0 Å². The van der Waals surface area contributed by atoms with Crippen LogP contribution in [0.15, 0.2) is 53.7 Å². The number of benzene rings is 1. The lowest BCUT2D eigenvalue weighted by Crippen LogP contribution is -2.36. The van der Waals surface area contributed by atoms with Gasteiger partial charge in [-0.05, 0) is 42.9 Å². The van der Waals surface area contributed by atoms with Crippen molar-refractivity contribution in [3.05, 3.63) is 60.0 Å². The highest BCUT2D eigenvalue weighted by molar-refractivity contribution is 5.79. The van der Waals surface area contributed by atoms with Gasteiger partial charge in [-0.2, -0.15) is 0 Å².